The number of benzene rings is 1. The molecule has 1 aliphatic rings. The summed E-state index contributed by atoms with van der Waals surface area (Å²) in [6, 6.07) is 7.40. The highest BCUT2D eigenvalue weighted by molar-refractivity contribution is 9.10. The maximum atomic E-state index is 13.8. The monoisotopic (exact) mass is 353 g/mol. The number of aryl methyl sites for hydroxylation is 2. The molecule has 1 aliphatic carbocycles. The van der Waals surface area contributed by atoms with Gasteiger partial charge in [-0.05, 0) is 56.0 Å². The van der Waals surface area contributed by atoms with E-state index in [1.54, 1.807) is 10.9 Å². The van der Waals surface area contributed by atoms with Crippen molar-refractivity contribution < 1.29 is 4.39 Å². The van der Waals surface area contributed by atoms with Crippen LogP contribution in [0.25, 0.3) is 0 Å². The number of hydrogen-bond donors (Lipinski definition) is 1. The molecule has 20 heavy (non-hydrogen) atoms. The molecule has 0 saturated carbocycles. The second-order valence-corrected chi connectivity index (χ2v) is 7.42. The lowest BCUT2D eigenvalue weighted by atomic mass is 10.1. The normalized spacial score (nSPS) is 15.3. The minimum absolute atomic E-state index is 0.00411. The summed E-state index contributed by atoms with van der Waals surface area (Å²) in [5.41, 5.74) is 2.23. The van der Waals surface area contributed by atoms with Gasteiger partial charge in [-0.2, -0.15) is 0 Å². The van der Waals surface area contributed by atoms with Gasteiger partial charge in [-0.25, -0.2) is 4.39 Å². The molecule has 2 aromatic rings. The molecule has 4 heteroatoms. The van der Waals surface area contributed by atoms with Crippen molar-refractivity contribution in [2.24, 2.45) is 0 Å². The summed E-state index contributed by atoms with van der Waals surface area (Å²) in [5.74, 6) is -0.151. The Morgan fingerprint density at radius 2 is 2.20 bits per heavy atom. The van der Waals surface area contributed by atoms with Crippen molar-refractivity contribution in [3.05, 3.63) is 55.4 Å². The fourth-order valence-corrected chi connectivity index (χ4v) is 4.28. The van der Waals surface area contributed by atoms with Crippen LogP contribution in [0.3, 0.4) is 0 Å². The Labute approximate surface area is 131 Å². The van der Waals surface area contributed by atoms with Crippen LogP contribution in [-0.2, 0) is 19.4 Å². The Balaban J connectivity index is 1.66. The molecule has 1 aromatic carbocycles. The second-order valence-electron chi connectivity index (χ2n) is 5.28. The van der Waals surface area contributed by atoms with E-state index in [1.807, 2.05) is 24.3 Å². The topological polar surface area (TPSA) is 12.0 Å². The van der Waals surface area contributed by atoms with Crippen molar-refractivity contribution in [1.82, 2.24) is 5.32 Å². The standard InChI is InChI=1S/C16H17BrFNS/c1-10(14-8-12(17)5-6-15(14)18)19-9-13-7-11-3-2-4-16(11)20-13/h5-8,10,19H,2-4,9H2,1H3. The first-order chi connectivity index (χ1) is 9.63. The van der Waals surface area contributed by atoms with E-state index in [2.05, 4.69) is 27.3 Å². The molecule has 3 rings (SSSR count). The number of fused-ring (bicyclic) bond motifs is 1. The predicted molar refractivity (Wildman–Crippen MR) is 85.7 cm³/mol. The van der Waals surface area contributed by atoms with E-state index in [-0.39, 0.29) is 11.9 Å². The van der Waals surface area contributed by atoms with Gasteiger partial charge in [0, 0.05) is 32.4 Å². The van der Waals surface area contributed by atoms with E-state index < -0.39 is 0 Å². The van der Waals surface area contributed by atoms with Crippen LogP contribution in [-0.4, -0.2) is 0 Å². The van der Waals surface area contributed by atoms with Gasteiger partial charge >= 0.3 is 0 Å². The van der Waals surface area contributed by atoms with E-state index in [0.29, 0.717) is 5.56 Å². The SMILES string of the molecule is CC(NCc1cc2c(s1)CCC2)c1cc(Br)ccc1F. The zero-order valence-corrected chi connectivity index (χ0v) is 13.8. The Morgan fingerprint density at radius 3 is 3.00 bits per heavy atom. The van der Waals surface area contributed by atoms with Gasteiger partial charge in [0.05, 0.1) is 0 Å². The van der Waals surface area contributed by atoms with Gasteiger partial charge in [-0.1, -0.05) is 15.9 Å². The minimum atomic E-state index is -0.151. The highest BCUT2D eigenvalue weighted by Crippen LogP contribution is 2.31. The van der Waals surface area contributed by atoms with E-state index in [0.717, 1.165) is 11.0 Å². The van der Waals surface area contributed by atoms with Gasteiger partial charge in [0.2, 0.25) is 0 Å². The van der Waals surface area contributed by atoms with Gasteiger partial charge in [0.15, 0.2) is 0 Å². The fraction of sp³-hybridized carbons (Fsp3) is 0.375. The lowest BCUT2D eigenvalue weighted by Crippen LogP contribution is -2.18. The van der Waals surface area contributed by atoms with Crippen LogP contribution in [0.5, 0.6) is 0 Å². The van der Waals surface area contributed by atoms with Gasteiger partial charge < -0.3 is 5.32 Å². The molecule has 1 N–H and O–H groups in total. The molecule has 1 aromatic heterocycles. The third kappa shape index (κ3) is 2.97. The predicted octanol–water partition coefficient (Wildman–Crippen LogP) is 4.99. The average molecular weight is 354 g/mol. The van der Waals surface area contributed by atoms with Crippen LogP contribution in [0.15, 0.2) is 28.7 Å². The number of thiophene rings is 1. The van der Waals surface area contributed by atoms with Crippen molar-refractivity contribution >= 4 is 27.3 Å². The van der Waals surface area contributed by atoms with Crippen LogP contribution in [0.2, 0.25) is 0 Å². The number of rotatable bonds is 4. The molecule has 0 bridgehead atoms. The summed E-state index contributed by atoms with van der Waals surface area (Å²) in [7, 11) is 0. The second kappa shape index (κ2) is 5.96. The average Bonchev–Trinajstić information content (AvgIpc) is 2.99. The quantitative estimate of drug-likeness (QED) is 0.816. The lowest BCUT2D eigenvalue weighted by Gasteiger charge is -2.15. The van der Waals surface area contributed by atoms with E-state index in [9.17, 15) is 4.39 Å². The minimum Gasteiger partial charge on any atom is -0.305 e. The Bertz CT molecular complexity index is 601. The first-order valence-electron chi connectivity index (χ1n) is 6.92. The van der Waals surface area contributed by atoms with Gasteiger partial charge in [0.25, 0.3) is 0 Å². The maximum Gasteiger partial charge on any atom is 0.128 e. The van der Waals surface area contributed by atoms with Crippen molar-refractivity contribution in [2.75, 3.05) is 0 Å². The van der Waals surface area contributed by atoms with E-state index in [1.165, 1.54) is 35.8 Å². The molecule has 0 amide bonds. The third-order valence-corrected chi connectivity index (χ3v) is 5.53. The highest BCUT2D eigenvalue weighted by atomic mass is 79.9. The van der Waals surface area contributed by atoms with Crippen molar-refractivity contribution in [2.45, 2.75) is 38.8 Å². The molecular weight excluding hydrogens is 337 g/mol. The number of hydrogen-bond acceptors (Lipinski definition) is 2. The van der Waals surface area contributed by atoms with Gasteiger partial charge in [-0.15, -0.1) is 11.3 Å². The maximum absolute atomic E-state index is 13.8. The van der Waals surface area contributed by atoms with E-state index >= 15 is 0 Å². The summed E-state index contributed by atoms with van der Waals surface area (Å²) in [6.45, 7) is 2.82. The Morgan fingerprint density at radius 1 is 1.35 bits per heavy atom. The first-order valence-corrected chi connectivity index (χ1v) is 8.53. The summed E-state index contributed by atoms with van der Waals surface area (Å²) in [6.07, 6.45) is 3.76. The van der Waals surface area contributed by atoms with Crippen LogP contribution in [0.4, 0.5) is 4.39 Å². The Hall–Kier alpha value is -0.710. The zero-order valence-electron chi connectivity index (χ0n) is 11.4. The number of halogens is 2. The van der Waals surface area contributed by atoms with Gasteiger partial charge in [-0.3, -0.25) is 0 Å². The van der Waals surface area contributed by atoms with Crippen LogP contribution in [0, 0.1) is 5.82 Å². The van der Waals surface area contributed by atoms with Crippen molar-refractivity contribution in [3.8, 4) is 0 Å². The molecule has 1 unspecified atom stereocenters. The largest absolute Gasteiger partial charge is 0.305 e. The first kappa shape index (κ1) is 14.2. The van der Waals surface area contributed by atoms with Gasteiger partial charge in [0.1, 0.15) is 5.82 Å². The van der Waals surface area contributed by atoms with Crippen LogP contribution >= 0.6 is 27.3 Å². The smallest absolute Gasteiger partial charge is 0.128 e. The molecule has 106 valence electrons. The fourth-order valence-electron chi connectivity index (χ4n) is 2.69. The molecule has 1 nitrogen and oxygen atoms in total. The Kier molecular flexibility index (Phi) is 4.24. The number of nitrogens with one attached hydrogen (secondary N) is 1. The molecular formula is C16H17BrFNS. The molecule has 0 aliphatic heterocycles. The molecule has 0 radical (unpaired) electrons. The van der Waals surface area contributed by atoms with Crippen LogP contribution < -0.4 is 5.32 Å². The van der Waals surface area contributed by atoms with Crippen LogP contribution in [0.1, 0.15) is 40.3 Å². The summed E-state index contributed by atoms with van der Waals surface area (Å²) in [4.78, 5) is 2.90. The van der Waals surface area contributed by atoms with Crippen molar-refractivity contribution in [1.29, 1.82) is 0 Å². The third-order valence-electron chi connectivity index (χ3n) is 3.80. The van der Waals surface area contributed by atoms with E-state index in [4.69, 9.17) is 0 Å². The zero-order chi connectivity index (χ0) is 14.1. The lowest BCUT2D eigenvalue weighted by molar-refractivity contribution is 0.530. The highest BCUT2D eigenvalue weighted by Gasteiger charge is 2.16. The van der Waals surface area contributed by atoms with Crippen molar-refractivity contribution in [3.63, 3.8) is 0 Å². The summed E-state index contributed by atoms with van der Waals surface area (Å²) >= 11 is 5.30. The summed E-state index contributed by atoms with van der Waals surface area (Å²) in [5, 5.41) is 3.42. The molecule has 0 spiro atoms. The molecule has 1 atom stereocenters. The molecule has 0 fully saturated rings. The summed E-state index contributed by atoms with van der Waals surface area (Å²) < 4.78 is 14.7. The molecule has 1 heterocycles. The molecule has 0 saturated heterocycles.